The molecule has 0 aliphatic heterocycles. The molecule has 0 atom stereocenters. The molecule has 4 aromatic rings. The zero-order chi connectivity index (χ0) is 13.7. The molecule has 0 bridgehead atoms. The van der Waals surface area contributed by atoms with Crippen molar-refractivity contribution >= 4 is 40.0 Å². The van der Waals surface area contributed by atoms with Crippen LogP contribution in [0.4, 0.5) is 0 Å². The lowest BCUT2D eigenvalue weighted by Gasteiger charge is -2.13. The molecule has 4 rings (SSSR count). The first kappa shape index (κ1) is 11.6. The third kappa shape index (κ3) is 1.57. The minimum Gasteiger partial charge on any atom is -0.539 e. The van der Waals surface area contributed by atoms with Gasteiger partial charge in [0, 0.05) is 0 Å². The van der Waals surface area contributed by atoms with Crippen molar-refractivity contribution < 1.29 is 9.68 Å². The van der Waals surface area contributed by atoms with Crippen molar-refractivity contribution in [2.45, 2.75) is 6.92 Å². The van der Waals surface area contributed by atoms with E-state index in [2.05, 4.69) is 43.3 Å². The molecule has 0 radical (unpaired) electrons. The Labute approximate surface area is 117 Å². The largest absolute Gasteiger partial charge is 0.539 e. The second kappa shape index (κ2) is 4.12. The van der Waals surface area contributed by atoms with Crippen LogP contribution in [0, 0.1) is 6.92 Å². The Kier molecular flexibility index (Phi) is 2.38. The maximum absolute atomic E-state index is 8.93. The molecule has 4 aromatic carbocycles. The van der Waals surface area contributed by atoms with Crippen LogP contribution >= 0.6 is 0 Å². The summed E-state index contributed by atoms with van der Waals surface area (Å²) in [5.41, 5.74) is 1.28. The van der Waals surface area contributed by atoms with E-state index in [0.717, 1.165) is 10.8 Å². The van der Waals surface area contributed by atoms with Gasteiger partial charge in [-0.15, -0.1) is 0 Å². The summed E-state index contributed by atoms with van der Waals surface area (Å²) in [7, 11) is -0.299. The van der Waals surface area contributed by atoms with Crippen molar-refractivity contribution in [3.05, 3.63) is 54.1 Å². The Morgan fingerprint density at radius 2 is 1.25 bits per heavy atom. The second-order valence-electron chi connectivity index (χ2n) is 5.24. The zero-order valence-electron chi connectivity index (χ0n) is 11.2. The average Bonchev–Trinajstić information content (AvgIpc) is 2.44. The molecule has 3 heteroatoms. The SMILES string of the molecule is Cc1cc2ccc3cc(OBO)cc4ccc(c1)c2c34. The van der Waals surface area contributed by atoms with Gasteiger partial charge in [0.1, 0.15) is 5.75 Å². The highest BCUT2D eigenvalue weighted by atomic mass is 16.5. The van der Waals surface area contributed by atoms with E-state index in [1.807, 2.05) is 12.1 Å². The fraction of sp³-hybridized carbons (Fsp3) is 0.0588. The van der Waals surface area contributed by atoms with Crippen LogP contribution in [-0.2, 0) is 0 Å². The van der Waals surface area contributed by atoms with Gasteiger partial charge in [-0.1, -0.05) is 36.4 Å². The fourth-order valence-corrected chi connectivity index (χ4v) is 3.12. The molecule has 0 saturated carbocycles. The zero-order valence-corrected chi connectivity index (χ0v) is 11.2. The first-order chi connectivity index (χ1) is 9.76. The molecule has 0 unspecified atom stereocenters. The standard InChI is InChI=1S/C17H13BO2/c1-10-6-11-2-4-13-8-15(20-18-19)9-14-5-3-12(7-10)16(11)17(13)14/h2-9,18-19H,1H3. The minimum absolute atomic E-state index is 0.299. The van der Waals surface area contributed by atoms with Gasteiger partial charge < -0.3 is 9.68 Å². The van der Waals surface area contributed by atoms with Crippen molar-refractivity contribution in [2.75, 3.05) is 0 Å². The Bertz CT molecular complexity index is 864. The van der Waals surface area contributed by atoms with Crippen molar-refractivity contribution in [2.24, 2.45) is 0 Å². The predicted octanol–water partition coefficient (Wildman–Crippen LogP) is 3.53. The van der Waals surface area contributed by atoms with Crippen molar-refractivity contribution in [3.8, 4) is 5.75 Å². The number of benzene rings is 4. The van der Waals surface area contributed by atoms with Gasteiger partial charge in [0.15, 0.2) is 0 Å². The van der Waals surface area contributed by atoms with Gasteiger partial charge in [0.2, 0.25) is 0 Å². The smallest absolute Gasteiger partial charge is 0.504 e. The molecule has 0 amide bonds. The third-order valence-electron chi connectivity index (χ3n) is 3.88. The van der Waals surface area contributed by atoms with Crippen LogP contribution in [0.5, 0.6) is 5.75 Å². The van der Waals surface area contributed by atoms with Crippen LogP contribution in [0.1, 0.15) is 5.56 Å². The highest BCUT2D eigenvalue weighted by Crippen LogP contribution is 2.37. The lowest BCUT2D eigenvalue weighted by Crippen LogP contribution is -1.99. The Hall–Kier alpha value is -2.26. The van der Waals surface area contributed by atoms with E-state index < -0.39 is 0 Å². The Balaban J connectivity index is 2.20. The summed E-state index contributed by atoms with van der Waals surface area (Å²) >= 11 is 0. The summed E-state index contributed by atoms with van der Waals surface area (Å²) in [4.78, 5) is 0. The molecule has 0 heterocycles. The maximum atomic E-state index is 8.93. The van der Waals surface area contributed by atoms with Gasteiger partial charge in [0.25, 0.3) is 0 Å². The highest BCUT2D eigenvalue weighted by molar-refractivity contribution is 6.24. The lowest BCUT2D eigenvalue weighted by molar-refractivity contribution is 0.454. The van der Waals surface area contributed by atoms with E-state index in [9.17, 15) is 0 Å². The summed E-state index contributed by atoms with van der Waals surface area (Å²) in [5.74, 6) is 0.703. The predicted molar refractivity (Wildman–Crippen MR) is 84.9 cm³/mol. The van der Waals surface area contributed by atoms with Crippen LogP contribution in [0.2, 0.25) is 0 Å². The number of rotatable bonds is 2. The molecular weight excluding hydrogens is 247 g/mol. The van der Waals surface area contributed by atoms with Crippen molar-refractivity contribution in [1.29, 1.82) is 0 Å². The van der Waals surface area contributed by atoms with Crippen LogP contribution in [-0.4, -0.2) is 12.7 Å². The molecule has 0 aliphatic carbocycles. The van der Waals surface area contributed by atoms with E-state index in [1.54, 1.807) is 0 Å². The molecule has 2 nitrogen and oxygen atoms in total. The van der Waals surface area contributed by atoms with Crippen LogP contribution < -0.4 is 4.65 Å². The summed E-state index contributed by atoms with van der Waals surface area (Å²) in [6.07, 6.45) is 0. The van der Waals surface area contributed by atoms with Gasteiger partial charge in [0.05, 0.1) is 0 Å². The Morgan fingerprint density at radius 1 is 0.800 bits per heavy atom. The van der Waals surface area contributed by atoms with Crippen LogP contribution in [0.3, 0.4) is 0 Å². The van der Waals surface area contributed by atoms with E-state index in [-0.39, 0.29) is 7.69 Å². The van der Waals surface area contributed by atoms with Gasteiger partial charge in [-0.3, -0.25) is 0 Å². The molecule has 0 aromatic heterocycles. The molecule has 0 spiro atoms. The summed E-state index contributed by atoms with van der Waals surface area (Å²) in [6.45, 7) is 2.13. The van der Waals surface area contributed by atoms with Crippen molar-refractivity contribution in [1.82, 2.24) is 0 Å². The summed E-state index contributed by atoms with van der Waals surface area (Å²) in [5, 5.41) is 16.3. The molecule has 96 valence electrons. The highest BCUT2D eigenvalue weighted by Gasteiger charge is 2.10. The van der Waals surface area contributed by atoms with Gasteiger partial charge in [-0.05, 0) is 56.9 Å². The second-order valence-corrected chi connectivity index (χ2v) is 5.24. The normalized spacial score (nSPS) is 11.5. The summed E-state index contributed by atoms with van der Waals surface area (Å²) < 4.78 is 5.23. The van der Waals surface area contributed by atoms with Crippen LogP contribution in [0.15, 0.2) is 48.5 Å². The quantitative estimate of drug-likeness (QED) is 0.441. The van der Waals surface area contributed by atoms with E-state index in [0.29, 0.717) is 5.75 Å². The summed E-state index contributed by atoms with van der Waals surface area (Å²) in [6, 6.07) is 17.0. The molecule has 1 N–H and O–H groups in total. The first-order valence-corrected chi connectivity index (χ1v) is 6.69. The van der Waals surface area contributed by atoms with Crippen molar-refractivity contribution in [3.63, 3.8) is 0 Å². The number of hydrogen-bond acceptors (Lipinski definition) is 2. The van der Waals surface area contributed by atoms with E-state index in [4.69, 9.17) is 9.68 Å². The molecular formula is C17H13BO2. The molecule has 20 heavy (non-hydrogen) atoms. The lowest BCUT2D eigenvalue weighted by atomic mass is 9.93. The van der Waals surface area contributed by atoms with E-state index in [1.165, 1.54) is 27.1 Å². The van der Waals surface area contributed by atoms with Gasteiger partial charge in [-0.2, -0.15) is 0 Å². The number of aryl methyl sites for hydroxylation is 1. The molecule has 0 aliphatic rings. The van der Waals surface area contributed by atoms with Gasteiger partial charge >= 0.3 is 7.69 Å². The Morgan fingerprint density at radius 3 is 1.70 bits per heavy atom. The minimum atomic E-state index is -0.299. The number of hydrogen-bond donors (Lipinski definition) is 1. The maximum Gasteiger partial charge on any atom is 0.504 e. The molecule has 0 fully saturated rings. The monoisotopic (exact) mass is 260 g/mol. The third-order valence-corrected chi connectivity index (χ3v) is 3.88. The average molecular weight is 260 g/mol. The first-order valence-electron chi connectivity index (χ1n) is 6.69. The fourth-order valence-electron chi connectivity index (χ4n) is 3.12. The van der Waals surface area contributed by atoms with Crippen LogP contribution in [0.25, 0.3) is 32.3 Å². The molecule has 0 saturated heterocycles. The topological polar surface area (TPSA) is 29.5 Å². The van der Waals surface area contributed by atoms with E-state index >= 15 is 0 Å². The van der Waals surface area contributed by atoms with Gasteiger partial charge in [-0.25, -0.2) is 0 Å².